The average molecular weight is 279 g/mol. The molecular weight excluding hydrogens is 254 g/mol. The molecule has 4 heteroatoms. The lowest BCUT2D eigenvalue weighted by Gasteiger charge is -2.07. The highest BCUT2D eigenvalue weighted by Gasteiger charge is 2.03. The van der Waals surface area contributed by atoms with Gasteiger partial charge in [-0.25, -0.2) is 0 Å². The maximum Gasteiger partial charge on any atom is 0.135 e. The van der Waals surface area contributed by atoms with Crippen LogP contribution in [0.2, 0.25) is 0 Å². The number of hydrogen-bond acceptors (Lipinski definition) is 4. The van der Waals surface area contributed by atoms with Crippen LogP contribution in [0.15, 0.2) is 24.3 Å². The van der Waals surface area contributed by atoms with Crippen LogP contribution >= 0.6 is 0 Å². The molecule has 20 heavy (non-hydrogen) atoms. The summed E-state index contributed by atoms with van der Waals surface area (Å²) in [6, 6.07) is 7.64. The molecule has 0 aliphatic rings. The fraction of sp³-hybridized carbons (Fsp3) is 0.562. The van der Waals surface area contributed by atoms with E-state index in [0.29, 0.717) is 32.7 Å². The molecule has 1 aromatic rings. The molecule has 4 nitrogen and oxygen atoms in total. The number of benzene rings is 1. The minimum Gasteiger partial charge on any atom is -0.399 e. The topological polar surface area (TPSA) is 61.5 Å². The molecule has 0 amide bonds. The van der Waals surface area contributed by atoms with Crippen molar-refractivity contribution in [3.05, 3.63) is 29.8 Å². The van der Waals surface area contributed by atoms with Gasteiger partial charge in [0.1, 0.15) is 5.78 Å². The highest BCUT2D eigenvalue weighted by Crippen LogP contribution is 2.08. The number of hydrogen-bond donors (Lipinski definition) is 1. The van der Waals surface area contributed by atoms with Crippen molar-refractivity contribution >= 4 is 11.5 Å². The van der Waals surface area contributed by atoms with Crippen molar-refractivity contribution in [2.24, 2.45) is 0 Å². The standard InChI is InChI=1S/C16H25NO3/c1-13(2)20-12-11-19-10-9-16(18)8-5-14-3-6-15(17)7-4-14/h3-4,6-7,13H,5,8-12,17H2,1-2H3. The van der Waals surface area contributed by atoms with Crippen molar-refractivity contribution in [2.45, 2.75) is 39.2 Å². The second-order valence-electron chi connectivity index (χ2n) is 5.06. The van der Waals surface area contributed by atoms with Gasteiger partial charge in [-0.3, -0.25) is 4.79 Å². The molecule has 0 heterocycles. The van der Waals surface area contributed by atoms with E-state index >= 15 is 0 Å². The summed E-state index contributed by atoms with van der Waals surface area (Å²) >= 11 is 0. The Bertz CT molecular complexity index is 387. The Kier molecular flexibility index (Phi) is 7.92. The van der Waals surface area contributed by atoms with Gasteiger partial charge in [-0.05, 0) is 38.0 Å². The summed E-state index contributed by atoms with van der Waals surface area (Å²) in [5.41, 5.74) is 7.50. The van der Waals surface area contributed by atoms with E-state index in [4.69, 9.17) is 15.2 Å². The van der Waals surface area contributed by atoms with Crippen LogP contribution in [-0.4, -0.2) is 31.7 Å². The van der Waals surface area contributed by atoms with Crippen molar-refractivity contribution in [3.8, 4) is 0 Å². The number of nitrogen functional groups attached to an aromatic ring is 1. The quantitative estimate of drug-likeness (QED) is 0.528. The molecule has 1 rings (SSSR count). The van der Waals surface area contributed by atoms with Gasteiger partial charge in [0.15, 0.2) is 0 Å². The second-order valence-corrected chi connectivity index (χ2v) is 5.06. The van der Waals surface area contributed by atoms with E-state index in [2.05, 4.69) is 0 Å². The van der Waals surface area contributed by atoms with Crippen LogP contribution in [0.25, 0.3) is 0 Å². The molecule has 0 saturated carbocycles. The number of aryl methyl sites for hydroxylation is 1. The van der Waals surface area contributed by atoms with Crippen LogP contribution < -0.4 is 5.73 Å². The van der Waals surface area contributed by atoms with Crippen molar-refractivity contribution in [1.82, 2.24) is 0 Å². The van der Waals surface area contributed by atoms with Gasteiger partial charge in [0, 0.05) is 18.5 Å². The first-order valence-corrected chi connectivity index (χ1v) is 7.13. The number of rotatable bonds is 10. The van der Waals surface area contributed by atoms with Crippen LogP contribution in [0.1, 0.15) is 32.3 Å². The Morgan fingerprint density at radius 2 is 1.80 bits per heavy atom. The lowest BCUT2D eigenvalue weighted by Crippen LogP contribution is -2.12. The molecule has 0 radical (unpaired) electrons. The Labute approximate surface area is 121 Å². The van der Waals surface area contributed by atoms with Crippen LogP contribution in [0.3, 0.4) is 0 Å². The van der Waals surface area contributed by atoms with Gasteiger partial charge >= 0.3 is 0 Å². The minimum atomic E-state index is 0.222. The van der Waals surface area contributed by atoms with E-state index in [9.17, 15) is 4.79 Å². The molecule has 0 bridgehead atoms. The Balaban J connectivity index is 2.04. The fourth-order valence-electron chi connectivity index (χ4n) is 1.72. The number of Topliss-reactive ketones (excluding diaryl/α,β-unsaturated/α-hetero) is 1. The monoisotopic (exact) mass is 279 g/mol. The van der Waals surface area contributed by atoms with E-state index in [1.165, 1.54) is 0 Å². The number of ether oxygens (including phenoxy) is 2. The smallest absolute Gasteiger partial charge is 0.135 e. The molecule has 2 N–H and O–H groups in total. The van der Waals surface area contributed by atoms with Gasteiger partial charge in [-0.1, -0.05) is 12.1 Å². The number of anilines is 1. The van der Waals surface area contributed by atoms with E-state index < -0.39 is 0 Å². The summed E-state index contributed by atoms with van der Waals surface area (Å²) in [6.45, 7) is 5.57. The molecule has 0 aliphatic heterocycles. The number of nitrogens with two attached hydrogens (primary N) is 1. The van der Waals surface area contributed by atoms with E-state index in [1.54, 1.807) is 0 Å². The van der Waals surface area contributed by atoms with Gasteiger partial charge in [0.25, 0.3) is 0 Å². The summed E-state index contributed by atoms with van der Waals surface area (Å²) in [7, 11) is 0. The molecule has 0 aliphatic carbocycles. The van der Waals surface area contributed by atoms with Gasteiger partial charge in [-0.2, -0.15) is 0 Å². The first kappa shape index (κ1) is 16.7. The zero-order chi connectivity index (χ0) is 14.8. The third-order valence-electron chi connectivity index (χ3n) is 2.88. The Morgan fingerprint density at radius 1 is 1.10 bits per heavy atom. The first-order valence-electron chi connectivity index (χ1n) is 7.13. The maximum absolute atomic E-state index is 11.7. The number of ketones is 1. The predicted molar refractivity (Wildman–Crippen MR) is 80.7 cm³/mol. The van der Waals surface area contributed by atoms with Crippen LogP contribution in [0.5, 0.6) is 0 Å². The molecule has 0 aromatic heterocycles. The van der Waals surface area contributed by atoms with Crippen LogP contribution in [0, 0.1) is 0 Å². The van der Waals surface area contributed by atoms with Crippen LogP contribution in [-0.2, 0) is 20.7 Å². The van der Waals surface area contributed by atoms with E-state index in [0.717, 1.165) is 17.7 Å². The third kappa shape index (κ3) is 7.92. The van der Waals surface area contributed by atoms with E-state index in [-0.39, 0.29) is 11.9 Å². The molecule has 0 atom stereocenters. The van der Waals surface area contributed by atoms with Gasteiger partial charge < -0.3 is 15.2 Å². The first-order chi connectivity index (χ1) is 9.58. The number of carbonyl (C=O) groups excluding carboxylic acids is 1. The molecule has 0 spiro atoms. The summed E-state index contributed by atoms with van der Waals surface area (Å²) in [5, 5.41) is 0. The number of carbonyl (C=O) groups is 1. The van der Waals surface area contributed by atoms with Crippen LogP contribution in [0.4, 0.5) is 5.69 Å². The molecule has 0 saturated heterocycles. The van der Waals surface area contributed by atoms with Crippen molar-refractivity contribution in [3.63, 3.8) is 0 Å². The predicted octanol–water partition coefficient (Wildman–Crippen LogP) is 2.60. The van der Waals surface area contributed by atoms with Crippen molar-refractivity contribution < 1.29 is 14.3 Å². The lowest BCUT2D eigenvalue weighted by atomic mass is 10.1. The van der Waals surface area contributed by atoms with Gasteiger partial charge in [-0.15, -0.1) is 0 Å². The zero-order valence-corrected chi connectivity index (χ0v) is 12.4. The van der Waals surface area contributed by atoms with Gasteiger partial charge in [0.2, 0.25) is 0 Å². The third-order valence-corrected chi connectivity index (χ3v) is 2.88. The Hall–Kier alpha value is -1.39. The average Bonchev–Trinajstić information content (AvgIpc) is 2.41. The highest BCUT2D eigenvalue weighted by molar-refractivity contribution is 5.78. The highest BCUT2D eigenvalue weighted by atomic mass is 16.5. The Morgan fingerprint density at radius 3 is 2.45 bits per heavy atom. The maximum atomic E-state index is 11.7. The molecule has 1 aromatic carbocycles. The summed E-state index contributed by atoms with van der Waals surface area (Å²) < 4.78 is 10.7. The lowest BCUT2D eigenvalue weighted by molar-refractivity contribution is -0.120. The molecule has 0 unspecified atom stereocenters. The largest absolute Gasteiger partial charge is 0.399 e. The van der Waals surface area contributed by atoms with Crippen molar-refractivity contribution in [1.29, 1.82) is 0 Å². The minimum absolute atomic E-state index is 0.222. The molecule has 112 valence electrons. The summed E-state index contributed by atoms with van der Waals surface area (Å²) in [5.74, 6) is 0.228. The molecular formula is C16H25NO3. The van der Waals surface area contributed by atoms with Crippen molar-refractivity contribution in [2.75, 3.05) is 25.6 Å². The SMILES string of the molecule is CC(C)OCCOCCC(=O)CCc1ccc(N)cc1. The van der Waals surface area contributed by atoms with E-state index in [1.807, 2.05) is 38.1 Å². The summed E-state index contributed by atoms with van der Waals surface area (Å²) in [4.78, 5) is 11.7. The normalized spacial score (nSPS) is 10.9. The van der Waals surface area contributed by atoms with Gasteiger partial charge in [0.05, 0.1) is 25.9 Å². The summed E-state index contributed by atoms with van der Waals surface area (Å²) in [6.07, 6.45) is 2.00. The fourth-order valence-corrected chi connectivity index (χ4v) is 1.72. The molecule has 0 fully saturated rings. The second kappa shape index (κ2) is 9.50. The zero-order valence-electron chi connectivity index (χ0n) is 12.4.